The minimum absolute atomic E-state index is 0.0667. The fraction of sp³-hybridized carbons (Fsp3) is 0.304. The predicted molar refractivity (Wildman–Crippen MR) is 132 cm³/mol. The van der Waals surface area contributed by atoms with Crippen LogP contribution in [-0.2, 0) is 14.4 Å². The van der Waals surface area contributed by atoms with Crippen LogP contribution in [0.3, 0.4) is 0 Å². The average molecular weight is 582 g/mol. The van der Waals surface area contributed by atoms with Gasteiger partial charge in [-0.05, 0) is 84.3 Å². The van der Waals surface area contributed by atoms with Gasteiger partial charge in [0.05, 0.1) is 16.4 Å². The number of carbonyl (C=O) groups excluding carboxylic acids is 3. The Hall–Kier alpha value is -3.22. The zero-order chi connectivity index (χ0) is 24.5. The predicted octanol–water partition coefficient (Wildman–Crippen LogP) is 2.92. The molecule has 1 aliphatic heterocycles. The molecule has 0 aliphatic carbocycles. The van der Waals surface area contributed by atoms with E-state index in [4.69, 9.17) is 9.47 Å². The first-order chi connectivity index (χ1) is 16.4. The van der Waals surface area contributed by atoms with Crippen LogP contribution < -0.4 is 20.2 Å². The van der Waals surface area contributed by atoms with Gasteiger partial charge in [-0.3, -0.25) is 14.4 Å². The van der Waals surface area contributed by atoms with Crippen molar-refractivity contribution in [3.63, 3.8) is 0 Å². The molecule has 2 aromatic carbocycles. The van der Waals surface area contributed by atoms with E-state index in [0.29, 0.717) is 27.2 Å². The second-order valence-corrected chi connectivity index (χ2v) is 8.46. The van der Waals surface area contributed by atoms with E-state index in [1.807, 2.05) is 6.92 Å². The lowest BCUT2D eigenvalue weighted by molar-refractivity contribution is -0.136. The molecule has 1 aliphatic rings. The van der Waals surface area contributed by atoms with E-state index in [0.717, 1.165) is 25.9 Å². The van der Waals surface area contributed by atoms with Crippen LogP contribution in [0.2, 0.25) is 0 Å². The van der Waals surface area contributed by atoms with Gasteiger partial charge in [-0.25, -0.2) is 9.82 Å². The fourth-order valence-corrected chi connectivity index (χ4v) is 3.98. The highest BCUT2D eigenvalue weighted by molar-refractivity contribution is 14.1. The van der Waals surface area contributed by atoms with E-state index in [1.165, 1.54) is 30.5 Å². The Morgan fingerprint density at radius 2 is 1.82 bits per heavy atom. The molecule has 1 heterocycles. The molecule has 0 aromatic heterocycles. The van der Waals surface area contributed by atoms with Crippen LogP contribution in [0.4, 0.5) is 10.1 Å². The number of hydrogen-bond donors (Lipinski definition) is 2. The van der Waals surface area contributed by atoms with Gasteiger partial charge in [0.15, 0.2) is 18.1 Å². The highest BCUT2D eigenvalue weighted by atomic mass is 127. The average Bonchev–Trinajstić information content (AvgIpc) is 3.35. The third-order valence-electron chi connectivity index (χ3n) is 4.82. The molecule has 0 saturated carbocycles. The Labute approximate surface area is 209 Å². The largest absolute Gasteiger partial charge is 0.490 e. The Morgan fingerprint density at radius 1 is 1.12 bits per heavy atom. The maximum Gasteiger partial charge on any atom is 0.329 e. The number of hydrazone groups is 1. The summed E-state index contributed by atoms with van der Waals surface area (Å²) in [6, 6.07) is 8.41. The molecule has 0 bridgehead atoms. The summed E-state index contributed by atoms with van der Waals surface area (Å²) in [7, 11) is 0. The molecule has 11 heteroatoms. The van der Waals surface area contributed by atoms with Crippen molar-refractivity contribution in [2.75, 3.05) is 31.6 Å². The second kappa shape index (κ2) is 12.3. The van der Waals surface area contributed by atoms with Gasteiger partial charge in [0, 0.05) is 18.8 Å². The van der Waals surface area contributed by atoms with Gasteiger partial charge in [0.25, 0.3) is 5.91 Å². The number of rotatable bonds is 8. The number of hydrogen-bond acceptors (Lipinski definition) is 6. The van der Waals surface area contributed by atoms with Crippen molar-refractivity contribution in [1.29, 1.82) is 0 Å². The third-order valence-corrected chi connectivity index (χ3v) is 5.62. The molecular weight excluding hydrogens is 558 g/mol. The molecule has 0 unspecified atom stereocenters. The number of nitrogens with zero attached hydrogens (tertiary/aromatic N) is 2. The maximum absolute atomic E-state index is 12.9. The summed E-state index contributed by atoms with van der Waals surface area (Å²) in [6.45, 7) is 3.63. The van der Waals surface area contributed by atoms with Gasteiger partial charge in [-0.15, -0.1) is 0 Å². The van der Waals surface area contributed by atoms with Crippen molar-refractivity contribution in [3.8, 4) is 11.5 Å². The van der Waals surface area contributed by atoms with Crippen LogP contribution in [0.5, 0.6) is 11.5 Å². The van der Waals surface area contributed by atoms with Crippen molar-refractivity contribution in [2.45, 2.75) is 19.8 Å². The van der Waals surface area contributed by atoms with Gasteiger partial charge in [-0.1, -0.05) is 0 Å². The third kappa shape index (κ3) is 7.14. The van der Waals surface area contributed by atoms with Gasteiger partial charge >= 0.3 is 11.8 Å². The molecule has 2 aromatic rings. The smallest absolute Gasteiger partial charge is 0.329 e. The number of amides is 3. The first-order valence-electron chi connectivity index (χ1n) is 10.6. The summed E-state index contributed by atoms with van der Waals surface area (Å²) in [5.74, 6) is -1.56. The molecule has 1 saturated heterocycles. The van der Waals surface area contributed by atoms with Gasteiger partial charge < -0.3 is 19.7 Å². The number of ether oxygens (including phenoxy) is 2. The minimum atomic E-state index is -0.985. The lowest BCUT2D eigenvalue weighted by Crippen LogP contribution is -2.32. The molecule has 2 N–H and O–H groups in total. The van der Waals surface area contributed by atoms with Crippen molar-refractivity contribution in [3.05, 3.63) is 51.3 Å². The van der Waals surface area contributed by atoms with Gasteiger partial charge in [0.2, 0.25) is 0 Å². The zero-order valence-electron chi connectivity index (χ0n) is 18.5. The molecule has 9 nitrogen and oxygen atoms in total. The van der Waals surface area contributed by atoms with E-state index in [9.17, 15) is 18.8 Å². The lowest BCUT2D eigenvalue weighted by Gasteiger charge is -2.18. The van der Waals surface area contributed by atoms with Crippen LogP contribution in [0.15, 0.2) is 41.5 Å². The van der Waals surface area contributed by atoms with E-state index in [-0.39, 0.29) is 18.2 Å². The number of nitrogens with one attached hydrogen (secondary N) is 2. The van der Waals surface area contributed by atoms with Crippen molar-refractivity contribution >= 4 is 52.2 Å². The summed E-state index contributed by atoms with van der Waals surface area (Å²) in [5.41, 5.74) is 3.01. The van der Waals surface area contributed by atoms with Gasteiger partial charge in [-0.2, -0.15) is 5.10 Å². The van der Waals surface area contributed by atoms with Crippen molar-refractivity contribution < 1.29 is 28.2 Å². The normalized spacial score (nSPS) is 13.1. The van der Waals surface area contributed by atoms with E-state index < -0.39 is 17.6 Å². The SMILES string of the molecule is CCOc1cc(/C=N\NC(=O)C(=O)Nc2ccc(F)cc2)cc(I)c1OCC(=O)N1CCCC1. The van der Waals surface area contributed by atoms with Crippen LogP contribution in [0.25, 0.3) is 0 Å². The summed E-state index contributed by atoms with van der Waals surface area (Å²) < 4.78 is 25.1. The number of halogens is 2. The van der Waals surface area contributed by atoms with Crippen molar-refractivity contribution in [1.82, 2.24) is 10.3 Å². The molecule has 3 amide bonds. The minimum Gasteiger partial charge on any atom is -0.490 e. The molecule has 3 rings (SSSR count). The molecule has 0 radical (unpaired) electrons. The van der Waals surface area contributed by atoms with E-state index >= 15 is 0 Å². The second-order valence-electron chi connectivity index (χ2n) is 7.30. The lowest BCUT2D eigenvalue weighted by atomic mass is 10.2. The summed E-state index contributed by atoms with van der Waals surface area (Å²) in [4.78, 5) is 38.0. The van der Waals surface area contributed by atoms with Gasteiger partial charge in [0.1, 0.15) is 5.82 Å². The Kier molecular flexibility index (Phi) is 9.19. The Bertz CT molecular complexity index is 1070. The molecule has 34 heavy (non-hydrogen) atoms. The summed E-state index contributed by atoms with van der Waals surface area (Å²) in [5, 5.41) is 6.15. The van der Waals surface area contributed by atoms with Crippen LogP contribution in [0, 0.1) is 9.39 Å². The number of likely N-dealkylation sites (tertiary alicyclic amines) is 1. The number of anilines is 1. The quantitative estimate of drug-likeness (QED) is 0.216. The number of benzene rings is 2. The standard InChI is InChI=1S/C23H24FIN4O5/c1-2-33-19-12-15(11-18(25)21(19)34-14-20(30)29-9-3-4-10-29)13-26-28-23(32)22(31)27-17-7-5-16(24)6-8-17/h5-8,11-13H,2-4,9-10,14H2,1H3,(H,27,31)(H,28,32)/b26-13-. The molecule has 1 fully saturated rings. The summed E-state index contributed by atoms with van der Waals surface area (Å²) in [6.07, 6.45) is 3.37. The maximum atomic E-state index is 12.9. The monoisotopic (exact) mass is 582 g/mol. The Morgan fingerprint density at radius 3 is 2.50 bits per heavy atom. The van der Waals surface area contributed by atoms with Crippen LogP contribution >= 0.6 is 22.6 Å². The zero-order valence-corrected chi connectivity index (χ0v) is 20.6. The van der Waals surface area contributed by atoms with Crippen molar-refractivity contribution in [2.24, 2.45) is 5.10 Å². The fourth-order valence-electron chi connectivity index (χ4n) is 3.19. The molecular formula is C23H24FIN4O5. The number of carbonyl (C=O) groups is 3. The topological polar surface area (TPSA) is 109 Å². The first-order valence-corrected chi connectivity index (χ1v) is 11.7. The highest BCUT2D eigenvalue weighted by Crippen LogP contribution is 2.34. The molecule has 0 atom stereocenters. The molecule has 180 valence electrons. The summed E-state index contributed by atoms with van der Waals surface area (Å²) >= 11 is 2.07. The highest BCUT2D eigenvalue weighted by Gasteiger charge is 2.20. The Balaban J connectivity index is 1.60. The van der Waals surface area contributed by atoms with E-state index in [1.54, 1.807) is 17.0 Å². The molecule has 0 spiro atoms. The van der Waals surface area contributed by atoms with Crippen LogP contribution in [0.1, 0.15) is 25.3 Å². The van der Waals surface area contributed by atoms with E-state index in [2.05, 4.69) is 38.4 Å². The van der Waals surface area contributed by atoms with Crippen LogP contribution in [-0.4, -0.2) is 55.1 Å². The first kappa shape index (κ1) is 25.4.